The molecular formula is C16H18BrClF3N. The predicted octanol–water partition coefficient (Wildman–Crippen LogP) is 7.28. The second-order valence-corrected chi connectivity index (χ2v) is 4.85. The van der Waals surface area contributed by atoms with Gasteiger partial charge in [-0.25, -0.2) is 4.98 Å². The van der Waals surface area contributed by atoms with Gasteiger partial charge in [0.15, 0.2) is 0 Å². The molecule has 0 amide bonds. The zero-order valence-corrected chi connectivity index (χ0v) is 15.2. The van der Waals surface area contributed by atoms with E-state index in [0.29, 0.717) is 15.2 Å². The van der Waals surface area contributed by atoms with E-state index >= 15 is 0 Å². The molecule has 0 saturated heterocycles. The molecule has 0 aliphatic heterocycles. The molecule has 0 N–H and O–H groups in total. The fraction of sp³-hybridized carbons (Fsp3) is 0.312. The average Bonchev–Trinajstić information content (AvgIpc) is 2.50. The van der Waals surface area contributed by atoms with Crippen molar-refractivity contribution < 1.29 is 13.2 Å². The van der Waals surface area contributed by atoms with Gasteiger partial charge in [-0.1, -0.05) is 73.9 Å². The number of pyridine rings is 1. The summed E-state index contributed by atoms with van der Waals surface area (Å²) >= 11 is 9.02. The summed E-state index contributed by atoms with van der Waals surface area (Å²) in [5.41, 5.74) is -1.25. The van der Waals surface area contributed by atoms with Crippen LogP contribution in [0.2, 0.25) is 5.15 Å². The molecule has 0 fully saturated rings. The lowest BCUT2D eigenvalue weighted by molar-refractivity contribution is -0.0688. The average molecular weight is 397 g/mol. The molecule has 0 unspecified atom stereocenters. The normalized spacial score (nSPS) is 10.2. The third-order valence-electron chi connectivity index (χ3n) is 2.42. The minimum atomic E-state index is -4.53. The number of rotatable bonds is 1. The van der Waals surface area contributed by atoms with E-state index < -0.39 is 11.7 Å². The van der Waals surface area contributed by atoms with Crippen LogP contribution < -0.4 is 0 Å². The number of hydrogen-bond acceptors (Lipinski definition) is 1. The highest BCUT2D eigenvalue weighted by atomic mass is 79.9. The minimum absolute atomic E-state index is 0.00481. The molecule has 6 heteroatoms. The first-order chi connectivity index (χ1) is 10.3. The molecule has 0 atom stereocenters. The lowest BCUT2D eigenvalue weighted by Gasteiger charge is -2.13. The van der Waals surface area contributed by atoms with Crippen molar-refractivity contribution in [3.63, 3.8) is 0 Å². The van der Waals surface area contributed by atoms with Crippen LogP contribution in [-0.2, 0) is 0 Å². The largest absolute Gasteiger partial charge is 0.417 e. The zero-order chi connectivity index (χ0) is 17.5. The van der Waals surface area contributed by atoms with Crippen molar-refractivity contribution in [3.8, 4) is 0 Å². The van der Waals surface area contributed by atoms with Crippen LogP contribution in [0.3, 0.4) is 0 Å². The van der Waals surface area contributed by atoms with Crippen molar-refractivity contribution in [3.05, 3.63) is 46.2 Å². The summed E-state index contributed by atoms with van der Waals surface area (Å²) in [7, 11) is 0. The molecule has 1 aromatic heterocycles. The van der Waals surface area contributed by atoms with Gasteiger partial charge in [0.2, 0.25) is 0 Å². The summed E-state index contributed by atoms with van der Waals surface area (Å²) in [5.74, 6) is 0. The van der Waals surface area contributed by atoms with Gasteiger partial charge in [-0.15, -0.1) is 0 Å². The second kappa shape index (κ2) is 9.16. The van der Waals surface area contributed by atoms with Crippen LogP contribution >= 0.6 is 27.5 Å². The molecule has 1 heterocycles. The summed E-state index contributed by atoms with van der Waals surface area (Å²) in [6, 6.07) is 6.41. The topological polar surface area (TPSA) is 12.9 Å². The Labute approximate surface area is 142 Å². The van der Waals surface area contributed by atoms with Gasteiger partial charge >= 0.3 is 6.18 Å². The monoisotopic (exact) mass is 395 g/mol. The van der Waals surface area contributed by atoms with Crippen LogP contribution in [0.25, 0.3) is 16.3 Å². The van der Waals surface area contributed by atoms with Crippen molar-refractivity contribution >= 4 is 43.9 Å². The molecule has 1 nitrogen and oxygen atoms in total. The van der Waals surface area contributed by atoms with Gasteiger partial charge in [-0.2, -0.15) is 13.2 Å². The highest BCUT2D eigenvalue weighted by molar-refractivity contribution is 9.10. The summed E-state index contributed by atoms with van der Waals surface area (Å²) in [4.78, 5) is 3.73. The molecule has 22 heavy (non-hydrogen) atoms. The number of benzene rings is 1. The standard InChI is InChI=1S/C12H6BrClF3N.2C2H6/c1-6(12(15,16)17)11-7-3-2-4-9(13)8(7)5-10(14)18-11;2*1-2/h2-5H,1H2;2*1-2H3. The number of alkyl halides is 3. The first-order valence-corrected chi connectivity index (χ1v) is 7.99. The number of halogens is 5. The first kappa shape index (κ1) is 20.9. The van der Waals surface area contributed by atoms with Crippen molar-refractivity contribution in [1.82, 2.24) is 4.98 Å². The molecule has 0 radical (unpaired) electrons. The van der Waals surface area contributed by atoms with Crippen molar-refractivity contribution in [2.24, 2.45) is 0 Å². The Bertz CT molecular complexity index is 639. The number of fused-ring (bicyclic) bond motifs is 1. The van der Waals surface area contributed by atoms with Gasteiger partial charge in [0.25, 0.3) is 0 Å². The quantitative estimate of drug-likeness (QED) is 0.462. The Kier molecular flexibility index (Phi) is 8.71. The Morgan fingerprint density at radius 2 is 1.68 bits per heavy atom. The molecule has 2 rings (SSSR count). The molecule has 0 saturated carbocycles. The Balaban J connectivity index is 0.00000102. The number of hydrogen-bond donors (Lipinski definition) is 0. The zero-order valence-electron chi connectivity index (χ0n) is 12.9. The molecule has 2 aromatic rings. The first-order valence-electron chi connectivity index (χ1n) is 6.82. The number of nitrogens with zero attached hydrogens (tertiary/aromatic N) is 1. The molecule has 0 spiro atoms. The minimum Gasteiger partial charge on any atom is -0.235 e. The molecule has 0 bridgehead atoms. The van der Waals surface area contributed by atoms with E-state index in [1.807, 2.05) is 27.7 Å². The summed E-state index contributed by atoms with van der Waals surface area (Å²) in [6.07, 6.45) is -4.53. The lowest BCUT2D eigenvalue weighted by Crippen LogP contribution is -2.11. The van der Waals surface area contributed by atoms with Crippen LogP contribution in [0.15, 0.2) is 35.3 Å². The molecule has 1 aromatic carbocycles. The molecule has 0 aliphatic carbocycles. The smallest absolute Gasteiger partial charge is 0.235 e. The van der Waals surface area contributed by atoms with Gasteiger partial charge in [0, 0.05) is 15.2 Å². The van der Waals surface area contributed by atoms with Gasteiger partial charge < -0.3 is 0 Å². The van der Waals surface area contributed by atoms with Crippen LogP contribution in [0.5, 0.6) is 0 Å². The SMILES string of the molecule is C=C(c1nc(Cl)cc2c(Br)cccc12)C(F)(F)F.CC.CC. The molecular weight excluding hydrogens is 379 g/mol. The highest BCUT2D eigenvalue weighted by Gasteiger charge is 2.35. The highest BCUT2D eigenvalue weighted by Crippen LogP contribution is 2.37. The van der Waals surface area contributed by atoms with E-state index in [2.05, 4.69) is 27.5 Å². The maximum atomic E-state index is 12.7. The Hall–Kier alpha value is -1.07. The van der Waals surface area contributed by atoms with Crippen LogP contribution in [0.4, 0.5) is 13.2 Å². The van der Waals surface area contributed by atoms with Gasteiger partial charge in [-0.05, 0) is 12.1 Å². The fourth-order valence-corrected chi connectivity index (χ4v) is 2.25. The van der Waals surface area contributed by atoms with Gasteiger partial charge in [0.05, 0.1) is 11.3 Å². The van der Waals surface area contributed by atoms with E-state index in [1.54, 1.807) is 18.2 Å². The predicted molar refractivity (Wildman–Crippen MR) is 92.2 cm³/mol. The van der Waals surface area contributed by atoms with E-state index in [9.17, 15) is 13.2 Å². The fourth-order valence-electron chi connectivity index (χ4n) is 1.57. The Morgan fingerprint density at radius 1 is 1.14 bits per heavy atom. The van der Waals surface area contributed by atoms with Crippen molar-refractivity contribution in [2.45, 2.75) is 33.9 Å². The van der Waals surface area contributed by atoms with Crippen molar-refractivity contribution in [2.75, 3.05) is 0 Å². The van der Waals surface area contributed by atoms with E-state index in [1.165, 1.54) is 6.07 Å². The van der Waals surface area contributed by atoms with Gasteiger partial charge in [0.1, 0.15) is 5.15 Å². The van der Waals surface area contributed by atoms with Crippen molar-refractivity contribution in [1.29, 1.82) is 0 Å². The summed E-state index contributed by atoms with van der Waals surface area (Å²) < 4.78 is 38.8. The molecule has 122 valence electrons. The van der Waals surface area contributed by atoms with Gasteiger partial charge in [-0.3, -0.25) is 0 Å². The Morgan fingerprint density at radius 3 is 2.18 bits per heavy atom. The van der Waals surface area contributed by atoms with E-state index in [4.69, 9.17) is 11.6 Å². The summed E-state index contributed by atoms with van der Waals surface area (Å²) in [6.45, 7) is 11.1. The maximum Gasteiger partial charge on any atom is 0.417 e. The third-order valence-corrected chi connectivity index (χ3v) is 3.30. The molecule has 0 aliphatic rings. The summed E-state index contributed by atoms with van der Waals surface area (Å²) in [5, 5.41) is 0.920. The van der Waals surface area contributed by atoms with Crippen LogP contribution in [0.1, 0.15) is 33.4 Å². The van der Waals surface area contributed by atoms with Crippen LogP contribution in [-0.4, -0.2) is 11.2 Å². The van der Waals surface area contributed by atoms with E-state index in [0.717, 1.165) is 0 Å². The van der Waals surface area contributed by atoms with E-state index in [-0.39, 0.29) is 10.8 Å². The second-order valence-electron chi connectivity index (χ2n) is 3.60. The number of aromatic nitrogens is 1. The lowest BCUT2D eigenvalue weighted by atomic mass is 10.1. The third kappa shape index (κ3) is 4.99. The van der Waals surface area contributed by atoms with Crippen LogP contribution in [0, 0.1) is 0 Å². The number of allylic oxidation sites excluding steroid dienone is 1. The maximum absolute atomic E-state index is 12.7.